The first-order valence-electron chi connectivity index (χ1n) is 5.18. The van der Waals surface area contributed by atoms with E-state index in [1.807, 2.05) is 5.38 Å². The van der Waals surface area contributed by atoms with Gasteiger partial charge in [-0.25, -0.2) is 4.39 Å². The van der Waals surface area contributed by atoms with Crippen LogP contribution in [-0.2, 0) is 11.2 Å². The SMILES string of the molecule is O=C(O)C(Cc1ccccc1F)c1cccs1. The summed E-state index contributed by atoms with van der Waals surface area (Å²) in [5.41, 5.74) is 0.438. The molecule has 0 bridgehead atoms. The molecule has 4 heteroatoms. The van der Waals surface area contributed by atoms with Gasteiger partial charge in [-0.15, -0.1) is 11.3 Å². The predicted molar refractivity (Wildman–Crippen MR) is 64.8 cm³/mol. The topological polar surface area (TPSA) is 37.3 Å². The van der Waals surface area contributed by atoms with E-state index in [4.69, 9.17) is 0 Å². The Kier molecular flexibility index (Phi) is 3.54. The highest BCUT2D eigenvalue weighted by Crippen LogP contribution is 2.26. The standard InChI is InChI=1S/C13H11FO2S/c14-11-5-2-1-4-9(11)8-10(13(15)16)12-6-3-7-17-12/h1-7,10H,8H2,(H,15,16). The lowest BCUT2D eigenvalue weighted by Gasteiger charge is -2.10. The van der Waals surface area contributed by atoms with Crippen LogP contribution in [0.1, 0.15) is 16.4 Å². The second-order valence-electron chi connectivity index (χ2n) is 3.70. The van der Waals surface area contributed by atoms with Crippen LogP contribution >= 0.6 is 11.3 Å². The van der Waals surface area contributed by atoms with Gasteiger partial charge in [-0.05, 0) is 29.5 Å². The minimum absolute atomic E-state index is 0.183. The van der Waals surface area contributed by atoms with Gasteiger partial charge in [-0.1, -0.05) is 24.3 Å². The Bertz CT molecular complexity index is 508. The Morgan fingerprint density at radius 1 is 1.29 bits per heavy atom. The molecular formula is C13H11FO2S. The van der Waals surface area contributed by atoms with Crippen molar-refractivity contribution < 1.29 is 14.3 Å². The fourth-order valence-electron chi connectivity index (χ4n) is 1.68. The van der Waals surface area contributed by atoms with Gasteiger partial charge in [-0.3, -0.25) is 4.79 Å². The quantitative estimate of drug-likeness (QED) is 0.904. The van der Waals surface area contributed by atoms with E-state index in [9.17, 15) is 14.3 Å². The van der Waals surface area contributed by atoms with Crippen LogP contribution in [0, 0.1) is 5.82 Å². The molecule has 2 rings (SSSR count). The number of carbonyl (C=O) groups is 1. The molecule has 0 aliphatic carbocycles. The molecule has 1 unspecified atom stereocenters. The molecule has 2 nitrogen and oxygen atoms in total. The Hall–Kier alpha value is -1.68. The van der Waals surface area contributed by atoms with Gasteiger partial charge in [0.05, 0.1) is 5.92 Å². The first kappa shape index (κ1) is 11.8. The van der Waals surface area contributed by atoms with Crippen molar-refractivity contribution in [2.24, 2.45) is 0 Å². The third-order valence-electron chi connectivity index (χ3n) is 2.57. The smallest absolute Gasteiger partial charge is 0.312 e. The third kappa shape index (κ3) is 2.71. The van der Waals surface area contributed by atoms with Crippen molar-refractivity contribution >= 4 is 17.3 Å². The zero-order valence-corrected chi connectivity index (χ0v) is 9.78. The van der Waals surface area contributed by atoms with E-state index in [-0.39, 0.29) is 12.2 Å². The molecule has 0 saturated carbocycles. The molecule has 0 aliphatic heterocycles. The van der Waals surface area contributed by atoms with E-state index in [2.05, 4.69) is 0 Å². The van der Waals surface area contributed by atoms with Gasteiger partial charge >= 0.3 is 5.97 Å². The maximum atomic E-state index is 13.5. The second kappa shape index (κ2) is 5.10. The first-order valence-corrected chi connectivity index (χ1v) is 6.06. The lowest BCUT2D eigenvalue weighted by atomic mass is 9.97. The van der Waals surface area contributed by atoms with Crippen LogP contribution in [0.25, 0.3) is 0 Å². The molecule has 0 spiro atoms. The molecule has 1 aromatic carbocycles. The van der Waals surface area contributed by atoms with Crippen LogP contribution < -0.4 is 0 Å². The van der Waals surface area contributed by atoms with Gasteiger partial charge in [0.15, 0.2) is 0 Å². The number of benzene rings is 1. The monoisotopic (exact) mass is 250 g/mol. The Morgan fingerprint density at radius 2 is 2.06 bits per heavy atom. The van der Waals surface area contributed by atoms with Crippen LogP contribution in [0.5, 0.6) is 0 Å². The molecule has 1 atom stereocenters. The number of thiophene rings is 1. The maximum absolute atomic E-state index is 13.5. The van der Waals surface area contributed by atoms with Crippen molar-refractivity contribution in [2.45, 2.75) is 12.3 Å². The van der Waals surface area contributed by atoms with Crippen molar-refractivity contribution in [3.8, 4) is 0 Å². The largest absolute Gasteiger partial charge is 0.481 e. The van der Waals surface area contributed by atoms with Gasteiger partial charge in [0, 0.05) is 4.88 Å². The molecular weight excluding hydrogens is 239 g/mol. The summed E-state index contributed by atoms with van der Waals surface area (Å²) in [7, 11) is 0. The average molecular weight is 250 g/mol. The van der Waals surface area contributed by atoms with E-state index in [1.54, 1.807) is 30.3 Å². The van der Waals surface area contributed by atoms with Gasteiger partial charge in [0.25, 0.3) is 0 Å². The minimum Gasteiger partial charge on any atom is -0.481 e. The fourth-order valence-corrected chi connectivity index (χ4v) is 2.50. The fraction of sp³-hybridized carbons (Fsp3) is 0.154. The molecule has 88 valence electrons. The van der Waals surface area contributed by atoms with Crippen molar-refractivity contribution in [3.63, 3.8) is 0 Å². The number of halogens is 1. The maximum Gasteiger partial charge on any atom is 0.312 e. The average Bonchev–Trinajstić information content (AvgIpc) is 2.81. The Labute approximate surface area is 102 Å². The zero-order chi connectivity index (χ0) is 12.3. The van der Waals surface area contributed by atoms with E-state index < -0.39 is 11.9 Å². The summed E-state index contributed by atoms with van der Waals surface area (Å²) in [5, 5.41) is 11.0. The normalized spacial score (nSPS) is 12.3. The molecule has 17 heavy (non-hydrogen) atoms. The van der Waals surface area contributed by atoms with Gasteiger partial charge in [-0.2, -0.15) is 0 Å². The highest BCUT2D eigenvalue weighted by Gasteiger charge is 2.22. The lowest BCUT2D eigenvalue weighted by molar-refractivity contribution is -0.138. The van der Waals surface area contributed by atoms with Crippen molar-refractivity contribution in [1.29, 1.82) is 0 Å². The van der Waals surface area contributed by atoms with E-state index in [1.165, 1.54) is 17.4 Å². The Balaban J connectivity index is 2.26. The molecule has 1 heterocycles. The lowest BCUT2D eigenvalue weighted by Crippen LogP contribution is -2.13. The van der Waals surface area contributed by atoms with Crippen molar-refractivity contribution in [2.75, 3.05) is 0 Å². The number of carboxylic acid groups (broad SMARTS) is 1. The molecule has 2 aromatic rings. The molecule has 1 aromatic heterocycles. The highest BCUT2D eigenvalue weighted by atomic mass is 32.1. The van der Waals surface area contributed by atoms with Crippen molar-refractivity contribution in [3.05, 3.63) is 58.0 Å². The Morgan fingerprint density at radius 3 is 2.65 bits per heavy atom. The van der Waals surface area contributed by atoms with Crippen LogP contribution in [0.15, 0.2) is 41.8 Å². The zero-order valence-electron chi connectivity index (χ0n) is 8.97. The van der Waals surface area contributed by atoms with E-state index in [0.717, 1.165) is 4.88 Å². The van der Waals surface area contributed by atoms with Crippen LogP contribution in [0.2, 0.25) is 0 Å². The third-order valence-corrected chi connectivity index (χ3v) is 3.55. The van der Waals surface area contributed by atoms with Crippen LogP contribution in [-0.4, -0.2) is 11.1 Å². The van der Waals surface area contributed by atoms with Gasteiger partial charge in [0.1, 0.15) is 5.82 Å². The summed E-state index contributed by atoms with van der Waals surface area (Å²) in [6.45, 7) is 0. The number of rotatable bonds is 4. The van der Waals surface area contributed by atoms with Gasteiger partial charge in [0.2, 0.25) is 0 Å². The first-order chi connectivity index (χ1) is 8.18. The number of hydrogen-bond acceptors (Lipinski definition) is 2. The van der Waals surface area contributed by atoms with E-state index in [0.29, 0.717) is 5.56 Å². The molecule has 0 amide bonds. The van der Waals surface area contributed by atoms with Crippen LogP contribution in [0.4, 0.5) is 4.39 Å². The molecule has 0 fully saturated rings. The van der Waals surface area contributed by atoms with Crippen molar-refractivity contribution in [1.82, 2.24) is 0 Å². The summed E-state index contributed by atoms with van der Waals surface area (Å²) in [5.74, 6) is -1.95. The van der Waals surface area contributed by atoms with Crippen LogP contribution in [0.3, 0.4) is 0 Å². The van der Waals surface area contributed by atoms with Gasteiger partial charge < -0.3 is 5.11 Å². The van der Waals surface area contributed by atoms with E-state index >= 15 is 0 Å². The summed E-state index contributed by atoms with van der Waals surface area (Å²) in [4.78, 5) is 11.9. The number of hydrogen-bond donors (Lipinski definition) is 1. The number of carboxylic acids is 1. The number of aliphatic carboxylic acids is 1. The second-order valence-corrected chi connectivity index (χ2v) is 4.68. The summed E-state index contributed by atoms with van der Waals surface area (Å²) >= 11 is 1.38. The highest BCUT2D eigenvalue weighted by molar-refractivity contribution is 7.10. The summed E-state index contributed by atoms with van der Waals surface area (Å²) in [6, 6.07) is 9.86. The molecule has 0 radical (unpaired) electrons. The molecule has 0 aliphatic rings. The summed E-state index contributed by atoms with van der Waals surface area (Å²) < 4.78 is 13.5. The molecule has 1 N–H and O–H groups in total. The molecule has 0 saturated heterocycles. The predicted octanol–water partition coefficient (Wildman–Crippen LogP) is 3.30. The minimum atomic E-state index is -0.921. The summed E-state index contributed by atoms with van der Waals surface area (Å²) in [6.07, 6.45) is 0.183.